The summed E-state index contributed by atoms with van der Waals surface area (Å²) in [5, 5.41) is 27.3. The van der Waals surface area contributed by atoms with Crippen LogP contribution >= 0.6 is 11.6 Å². The van der Waals surface area contributed by atoms with E-state index in [9.17, 15) is 4.79 Å². The second-order valence-electron chi connectivity index (χ2n) is 7.32. The van der Waals surface area contributed by atoms with E-state index in [0.29, 0.717) is 34.7 Å². The Morgan fingerprint density at radius 2 is 2.24 bits per heavy atom. The number of aromatic nitrogens is 5. The van der Waals surface area contributed by atoms with E-state index in [1.165, 1.54) is 0 Å². The molecule has 0 fully saturated rings. The summed E-state index contributed by atoms with van der Waals surface area (Å²) >= 11 is 6.50. The van der Waals surface area contributed by atoms with Crippen molar-refractivity contribution in [2.45, 2.75) is 12.5 Å². The Morgan fingerprint density at radius 3 is 3.03 bits per heavy atom. The van der Waals surface area contributed by atoms with E-state index in [1.807, 2.05) is 18.2 Å². The number of aryl methyl sites for hydroxylation is 1. The van der Waals surface area contributed by atoms with Crippen molar-refractivity contribution in [1.82, 2.24) is 30.3 Å². The van der Waals surface area contributed by atoms with Gasteiger partial charge in [-0.25, -0.2) is 4.68 Å². The number of fused-ring (bicyclic) bond motifs is 1. The van der Waals surface area contributed by atoms with Gasteiger partial charge in [0.15, 0.2) is 12.4 Å². The van der Waals surface area contributed by atoms with Crippen molar-refractivity contribution in [3.63, 3.8) is 0 Å². The maximum atomic E-state index is 11.7. The number of hydrogen-bond donors (Lipinski definition) is 4. The van der Waals surface area contributed by atoms with Crippen molar-refractivity contribution in [3.8, 4) is 0 Å². The van der Waals surface area contributed by atoms with E-state index in [2.05, 4.69) is 30.9 Å². The van der Waals surface area contributed by atoms with Crippen LogP contribution in [0.3, 0.4) is 0 Å². The fourth-order valence-electron chi connectivity index (χ4n) is 3.39. The van der Waals surface area contributed by atoms with Crippen LogP contribution in [0.15, 0.2) is 36.2 Å². The lowest BCUT2D eigenvalue weighted by Gasteiger charge is -2.23. The lowest BCUT2D eigenvalue weighted by Crippen LogP contribution is -2.31. The lowest BCUT2D eigenvalue weighted by atomic mass is 10.0. The molecule has 0 radical (unpaired) electrons. The largest absolute Gasteiger partial charge is 0.485 e. The topological polar surface area (TPSA) is 139 Å². The number of aliphatic hydroxyl groups is 1. The minimum atomic E-state index is -0.381. The summed E-state index contributed by atoms with van der Waals surface area (Å²) in [4.78, 5) is 16.3. The molecule has 2 heterocycles. The summed E-state index contributed by atoms with van der Waals surface area (Å²) in [5.74, 6) is 1.29. The molecule has 33 heavy (non-hydrogen) atoms. The second kappa shape index (κ2) is 10.0. The molecule has 0 saturated heterocycles. The van der Waals surface area contributed by atoms with Crippen molar-refractivity contribution < 1.29 is 19.4 Å². The molecule has 0 aliphatic heterocycles. The number of halogens is 1. The van der Waals surface area contributed by atoms with Gasteiger partial charge in [-0.2, -0.15) is 10.1 Å². The fraction of sp³-hybridized carbons (Fsp3) is 0.333. The first kappa shape index (κ1) is 22.8. The maximum Gasteiger partial charge on any atom is 0.258 e. The number of carbonyl (C=O) groups excluding carboxylic acids is 1. The quantitative estimate of drug-likeness (QED) is 0.369. The van der Waals surface area contributed by atoms with E-state index in [0.717, 1.165) is 16.5 Å². The molecule has 11 nitrogen and oxygen atoms in total. The van der Waals surface area contributed by atoms with Crippen LogP contribution in [0, 0.1) is 0 Å². The number of anilines is 2. The van der Waals surface area contributed by atoms with Crippen molar-refractivity contribution in [2.24, 2.45) is 7.05 Å². The molecular weight excluding hydrogens is 450 g/mol. The van der Waals surface area contributed by atoms with Crippen LogP contribution in [0.4, 0.5) is 11.6 Å². The Hall–Kier alpha value is -3.41. The zero-order chi connectivity index (χ0) is 23.4. The molecule has 1 unspecified atom stereocenters. The van der Waals surface area contributed by atoms with Crippen LogP contribution in [0.25, 0.3) is 16.5 Å². The van der Waals surface area contributed by atoms with Gasteiger partial charge in [0.05, 0.1) is 29.0 Å². The molecule has 3 aromatic rings. The molecule has 0 bridgehead atoms. The first-order chi connectivity index (χ1) is 16.0. The predicted octanol–water partition coefficient (Wildman–Crippen LogP) is 1.90. The van der Waals surface area contributed by atoms with Gasteiger partial charge in [0.25, 0.3) is 5.91 Å². The van der Waals surface area contributed by atoms with Gasteiger partial charge in [-0.15, -0.1) is 5.10 Å². The predicted molar refractivity (Wildman–Crippen MR) is 123 cm³/mol. The average Bonchev–Trinajstić information content (AvgIpc) is 3.45. The molecule has 4 rings (SSSR count). The molecule has 0 saturated carbocycles. The van der Waals surface area contributed by atoms with Crippen molar-refractivity contribution in [3.05, 3.63) is 47.1 Å². The van der Waals surface area contributed by atoms with Crippen LogP contribution in [-0.4, -0.2) is 68.9 Å². The van der Waals surface area contributed by atoms with E-state index >= 15 is 0 Å². The molecule has 174 valence electrons. The van der Waals surface area contributed by atoms with Gasteiger partial charge in [0, 0.05) is 38.1 Å². The number of nitrogens with zero attached hydrogens (tertiary/aromatic N) is 4. The number of ether oxygens (including phenoxy) is 2. The summed E-state index contributed by atoms with van der Waals surface area (Å²) in [6, 6.07) is 3.73. The molecule has 0 spiro atoms. The third-order valence-corrected chi connectivity index (χ3v) is 5.52. The van der Waals surface area contributed by atoms with Crippen LogP contribution in [0.2, 0.25) is 5.02 Å². The molecular formula is C21H24ClN7O4. The van der Waals surface area contributed by atoms with Crippen molar-refractivity contribution in [1.29, 1.82) is 0 Å². The number of aliphatic hydroxyl groups excluding tert-OH is 1. The van der Waals surface area contributed by atoms with Gasteiger partial charge in [-0.1, -0.05) is 17.7 Å². The number of hydrogen-bond acceptors (Lipinski definition) is 8. The highest BCUT2D eigenvalue weighted by Crippen LogP contribution is 2.33. The minimum absolute atomic E-state index is 0.126. The van der Waals surface area contributed by atoms with Gasteiger partial charge in [-0.05, 0) is 18.2 Å². The summed E-state index contributed by atoms with van der Waals surface area (Å²) in [6.07, 6.45) is 5.37. The molecule has 2 aromatic heterocycles. The number of amides is 1. The average molecular weight is 474 g/mol. The number of benzene rings is 1. The maximum absolute atomic E-state index is 11.7. The molecule has 1 aromatic carbocycles. The number of carbonyl (C=O) groups is 1. The molecule has 4 N–H and O–H groups in total. The number of methoxy groups -OCH3 is 1. The highest BCUT2D eigenvalue weighted by atomic mass is 35.5. The highest BCUT2D eigenvalue weighted by Gasteiger charge is 2.24. The van der Waals surface area contributed by atoms with Gasteiger partial charge < -0.3 is 25.2 Å². The zero-order valence-corrected chi connectivity index (χ0v) is 18.9. The molecule has 1 atom stereocenters. The summed E-state index contributed by atoms with van der Waals surface area (Å²) < 4.78 is 12.8. The Balaban J connectivity index is 1.49. The Morgan fingerprint density at radius 1 is 1.39 bits per heavy atom. The molecule has 1 aliphatic rings. The second-order valence-corrected chi connectivity index (χ2v) is 7.70. The first-order valence-electron chi connectivity index (χ1n) is 10.2. The van der Waals surface area contributed by atoms with Crippen LogP contribution < -0.4 is 10.6 Å². The standard InChI is InChI=1S/C21H24ClN7O4/c1-29-21(25-15-5-4-14-13(19(15)22)10-24-27-14)26-20(28-29)12-3-6-16(17(9-12)32-2)33-11-18(31)23-7-8-30/h3-6,10,17,30H,7-9,11H2,1-2H3,(H,23,31)(H,24,27)(H,25,26,28). The van der Waals surface area contributed by atoms with Crippen LogP contribution in [0.1, 0.15) is 12.2 Å². The van der Waals surface area contributed by atoms with E-state index in [-0.39, 0.29) is 31.8 Å². The summed E-state index contributed by atoms with van der Waals surface area (Å²) in [6.45, 7) is -0.103. The Bertz CT molecular complexity index is 1220. The third kappa shape index (κ3) is 5.00. The number of nitrogens with one attached hydrogen (secondary N) is 3. The molecule has 1 aliphatic carbocycles. The number of rotatable bonds is 9. The normalized spacial score (nSPS) is 15.8. The minimum Gasteiger partial charge on any atom is -0.485 e. The summed E-state index contributed by atoms with van der Waals surface area (Å²) in [5.41, 5.74) is 2.40. The third-order valence-electron chi connectivity index (χ3n) is 5.12. The SMILES string of the molecule is COC1CC(c2nc(Nc3ccc4[nH]ncc4c3Cl)n(C)n2)=CC=C1OCC(=O)NCCO. The van der Waals surface area contributed by atoms with Crippen molar-refractivity contribution in [2.75, 3.05) is 32.2 Å². The summed E-state index contributed by atoms with van der Waals surface area (Å²) in [7, 11) is 3.36. The van der Waals surface area contributed by atoms with Gasteiger partial charge >= 0.3 is 0 Å². The smallest absolute Gasteiger partial charge is 0.258 e. The Kier molecular flexibility index (Phi) is 6.92. The fourth-order valence-corrected chi connectivity index (χ4v) is 3.65. The molecule has 1 amide bonds. The number of allylic oxidation sites excluding steroid dienone is 2. The van der Waals surface area contributed by atoms with Crippen molar-refractivity contribution >= 4 is 45.6 Å². The van der Waals surface area contributed by atoms with E-state index in [1.54, 1.807) is 31.1 Å². The van der Waals surface area contributed by atoms with E-state index < -0.39 is 0 Å². The monoisotopic (exact) mass is 473 g/mol. The lowest BCUT2D eigenvalue weighted by molar-refractivity contribution is -0.125. The van der Waals surface area contributed by atoms with E-state index in [4.69, 9.17) is 26.2 Å². The first-order valence-corrected chi connectivity index (χ1v) is 10.6. The van der Waals surface area contributed by atoms with Crippen LogP contribution in [0.5, 0.6) is 0 Å². The highest BCUT2D eigenvalue weighted by molar-refractivity contribution is 6.38. The zero-order valence-electron chi connectivity index (χ0n) is 18.1. The number of aromatic amines is 1. The van der Waals surface area contributed by atoms with Gasteiger partial charge in [-0.3, -0.25) is 9.89 Å². The van der Waals surface area contributed by atoms with Gasteiger partial charge in [0.1, 0.15) is 11.9 Å². The molecule has 12 heteroatoms. The Labute approximate surface area is 194 Å². The van der Waals surface area contributed by atoms with Crippen LogP contribution in [-0.2, 0) is 21.3 Å². The van der Waals surface area contributed by atoms with Gasteiger partial charge in [0.2, 0.25) is 5.95 Å². The number of H-pyrrole nitrogens is 1.